The lowest BCUT2D eigenvalue weighted by molar-refractivity contribution is 0.635. The molecule has 0 aliphatic carbocycles. The molecule has 0 saturated heterocycles. The van der Waals surface area contributed by atoms with Gasteiger partial charge in [0.25, 0.3) is 0 Å². The molecule has 1 aromatic carbocycles. The number of benzene rings is 1. The Labute approximate surface area is 119 Å². The van der Waals surface area contributed by atoms with Crippen LogP contribution in [0.5, 0.6) is 0 Å². The highest BCUT2D eigenvalue weighted by Gasteiger charge is 2.18. The van der Waals surface area contributed by atoms with Gasteiger partial charge in [0.1, 0.15) is 0 Å². The SMILES string of the molecule is CCNC(c1cnc(C)s1)c1cc(C)c(C)cc1C. The molecule has 19 heavy (non-hydrogen) atoms. The van der Waals surface area contributed by atoms with Crippen molar-refractivity contribution in [3.05, 3.63) is 50.5 Å². The van der Waals surface area contributed by atoms with Crippen molar-refractivity contribution in [1.29, 1.82) is 0 Å². The highest BCUT2D eigenvalue weighted by molar-refractivity contribution is 7.11. The fourth-order valence-corrected chi connectivity index (χ4v) is 3.25. The molecule has 3 heteroatoms. The average molecular weight is 274 g/mol. The quantitative estimate of drug-likeness (QED) is 0.909. The lowest BCUT2D eigenvalue weighted by Gasteiger charge is -2.20. The first-order valence-electron chi connectivity index (χ1n) is 6.76. The average Bonchev–Trinajstić information content (AvgIpc) is 2.78. The zero-order valence-electron chi connectivity index (χ0n) is 12.4. The molecule has 2 rings (SSSR count). The van der Waals surface area contributed by atoms with Crippen LogP contribution in [0.3, 0.4) is 0 Å². The Bertz CT molecular complexity index is 572. The van der Waals surface area contributed by atoms with E-state index in [0.29, 0.717) is 0 Å². The van der Waals surface area contributed by atoms with Gasteiger partial charge in [0.2, 0.25) is 0 Å². The first-order valence-corrected chi connectivity index (χ1v) is 7.58. The van der Waals surface area contributed by atoms with Crippen LogP contribution in [0.4, 0.5) is 0 Å². The molecule has 2 nitrogen and oxygen atoms in total. The maximum atomic E-state index is 4.39. The van der Waals surface area contributed by atoms with Crippen LogP contribution in [-0.2, 0) is 0 Å². The van der Waals surface area contributed by atoms with E-state index in [0.717, 1.165) is 11.6 Å². The van der Waals surface area contributed by atoms with E-state index in [1.54, 1.807) is 11.3 Å². The largest absolute Gasteiger partial charge is 0.306 e. The predicted octanol–water partition coefficient (Wildman–Crippen LogP) is 4.08. The topological polar surface area (TPSA) is 24.9 Å². The van der Waals surface area contributed by atoms with Gasteiger partial charge in [-0.05, 0) is 56.5 Å². The van der Waals surface area contributed by atoms with Gasteiger partial charge >= 0.3 is 0 Å². The Kier molecular flexibility index (Phi) is 4.38. The maximum absolute atomic E-state index is 4.39. The molecule has 0 saturated carbocycles. The van der Waals surface area contributed by atoms with Gasteiger partial charge < -0.3 is 5.32 Å². The number of nitrogens with one attached hydrogen (secondary N) is 1. The molecule has 0 bridgehead atoms. The van der Waals surface area contributed by atoms with Crippen molar-refractivity contribution in [3.63, 3.8) is 0 Å². The number of thiazole rings is 1. The molecule has 0 radical (unpaired) electrons. The number of nitrogens with zero attached hydrogens (tertiary/aromatic N) is 1. The number of aryl methyl sites for hydroxylation is 4. The van der Waals surface area contributed by atoms with Gasteiger partial charge in [0.05, 0.1) is 11.0 Å². The smallest absolute Gasteiger partial charge is 0.0897 e. The van der Waals surface area contributed by atoms with Crippen LogP contribution in [0, 0.1) is 27.7 Å². The molecule has 0 fully saturated rings. The summed E-state index contributed by atoms with van der Waals surface area (Å²) >= 11 is 1.78. The molecule has 1 atom stereocenters. The summed E-state index contributed by atoms with van der Waals surface area (Å²) in [6, 6.07) is 4.85. The number of aromatic nitrogens is 1. The summed E-state index contributed by atoms with van der Waals surface area (Å²) in [6.07, 6.45) is 2.00. The van der Waals surface area contributed by atoms with Crippen molar-refractivity contribution in [2.24, 2.45) is 0 Å². The standard InChI is InChI=1S/C16H22N2S/c1-6-17-16(15-9-18-13(5)19-15)14-8-11(3)10(2)7-12(14)4/h7-9,16-17H,6H2,1-5H3. The van der Waals surface area contributed by atoms with E-state index in [4.69, 9.17) is 0 Å². The van der Waals surface area contributed by atoms with Crippen LogP contribution >= 0.6 is 11.3 Å². The molecule has 0 spiro atoms. The van der Waals surface area contributed by atoms with Gasteiger partial charge in [-0.3, -0.25) is 0 Å². The van der Waals surface area contributed by atoms with Crippen molar-refractivity contribution in [1.82, 2.24) is 10.3 Å². The number of hydrogen-bond donors (Lipinski definition) is 1. The third kappa shape index (κ3) is 3.04. The summed E-state index contributed by atoms with van der Waals surface area (Å²) in [5.74, 6) is 0. The summed E-state index contributed by atoms with van der Waals surface area (Å²) < 4.78 is 0. The monoisotopic (exact) mass is 274 g/mol. The van der Waals surface area contributed by atoms with Gasteiger partial charge in [-0.15, -0.1) is 11.3 Å². The molecule has 0 aliphatic rings. The fourth-order valence-electron chi connectivity index (χ4n) is 2.37. The van der Waals surface area contributed by atoms with E-state index in [1.165, 1.54) is 27.1 Å². The van der Waals surface area contributed by atoms with E-state index in [-0.39, 0.29) is 6.04 Å². The third-order valence-electron chi connectivity index (χ3n) is 3.53. The first kappa shape index (κ1) is 14.2. The molecule has 102 valence electrons. The van der Waals surface area contributed by atoms with Gasteiger partial charge in [-0.2, -0.15) is 0 Å². The van der Waals surface area contributed by atoms with Crippen molar-refractivity contribution in [3.8, 4) is 0 Å². The molecule has 0 aliphatic heterocycles. The molecular formula is C16H22N2S. The second kappa shape index (κ2) is 5.85. The van der Waals surface area contributed by atoms with Crippen molar-refractivity contribution in [2.75, 3.05) is 6.54 Å². The molecule has 1 heterocycles. The summed E-state index contributed by atoms with van der Waals surface area (Å²) in [5.41, 5.74) is 5.43. The highest BCUT2D eigenvalue weighted by atomic mass is 32.1. The van der Waals surface area contributed by atoms with Crippen LogP contribution in [0.25, 0.3) is 0 Å². The molecule has 1 N–H and O–H groups in total. The summed E-state index contributed by atoms with van der Waals surface area (Å²) in [5, 5.41) is 4.71. The Hall–Kier alpha value is -1.19. The molecule has 1 aromatic heterocycles. The second-order valence-electron chi connectivity index (χ2n) is 5.07. The van der Waals surface area contributed by atoms with Crippen LogP contribution in [-0.4, -0.2) is 11.5 Å². The number of rotatable bonds is 4. The highest BCUT2D eigenvalue weighted by Crippen LogP contribution is 2.30. The predicted molar refractivity (Wildman–Crippen MR) is 83.0 cm³/mol. The summed E-state index contributed by atoms with van der Waals surface area (Å²) in [4.78, 5) is 5.69. The minimum Gasteiger partial charge on any atom is -0.306 e. The van der Waals surface area contributed by atoms with Gasteiger partial charge in [-0.25, -0.2) is 4.98 Å². The van der Waals surface area contributed by atoms with Crippen molar-refractivity contribution < 1.29 is 0 Å². The number of hydrogen-bond acceptors (Lipinski definition) is 3. The second-order valence-corrected chi connectivity index (χ2v) is 6.33. The van der Waals surface area contributed by atoms with Gasteiger partial charge in [0, 0.05) is 11.1 Å². The summed E-state index contributed by atoms with van der Waals surface area (Å²) in [7, 11) is 0. The van der Waals surface area contributed by atoms with Crippen LogP contribution in [0.1, 0.15) is 45.1 Å². The summed E-state index contributed by atoms with van der Waals surface area (Å²) in [6.45, 7) is 11.7. The van der Waals surface area contributed by atoms with Crippen LogP contribution < -0.4 is 5.32 Å². The molecular weight excluding hydrogens is 252 g/mol. The van der Waals surface area contributed by atoms with E-state index < -0.39 is 0 Å². The van der Waals surface area contributed by atoms with Crippen molar-refractivity contribution >= 4 is 11.3 Å². The first-order chi connectivity index (χ1) is 9.02. The fraction of sp³-hybridized carbons (Fsp3) is 0.438. The lowest BCUT2D eigenvalue weighted by Crippen LogP contribution is -2.22. The third-order valence-corrected chi connectivity index (χ3v) is 4.50. The lowest BCUT2D eigenvalue weighted by atomic mass is 9.95. The Morgan fingerprint density at radius 3 is 2.37 bits per heavy atom. The van der Waals surface area contributed by atoms with E-state index in [1.807, 2.05) is 6.20 Å². The molecule has 0 amide bonds. The minimum absolute atomic E-state index is 0.260. The van der Waals surface area contributed by atoms with E-state index in [2.05, 4.69) is 57.1 Å². The Balaban J connectivity index is 2.47. The van der Waals surface area contributed by atoms with Crippen LogP contribution in [0.2, 0.25) is 0 Å². The van der Waals surface area contributed by atoms with E-state index >= 15 is 0 Å². The van der Waals surface area contributed by atoms with Gasteiger partial charge in [0.15, 0.2) is 0 Å². The molecule has 2 aromatic rings. The zero-order valence-corrected chi connectivity index (χ0v) is 13.2. The van der Waals surface area contributed by atoms with Gasteiger partial charge in [-0.1, -0.05) is 19.1 Å². The normalized spacial score (nSPS) is 12.7. The van der Waals surface area contributed by atoms with Crippen molar-refractivity contribution in [2.45, 2.75) is 40.7 Å². The van der Waals surface area contributed by atoms with Crippen LogP contribution in [0.15, 0.2) is 18.3 Å². The van der Waals surface area contributed by atoms with E-state index in [9.17, 15) is 0 Å². The Morgan fingerprint density at radius 2 is 1.79 bits per heavy atom. The zero-order chi connectivity index (χ0) is 14.0. The Morgan fingerprint density at radius 1 is 1.11 bits per heavy atom. The maximum Gasteiger partial charge on any atom is 0.0897 e. The minimum atomic E-state index is 0.260. The molecule has 1 unspecified atom stereocenters.